The van der Waals surface area contributed by atoms with Gasteiger partial charge < -0.3 is 5.32 Å². The van der Waals surface area contributed by atoms with E-state index in [-0.39, 0.29) is 5.91 Å². The lowest BCUT2D eigenvalue weighted by molar-refractivity contribution is -0.118. The van der Waals surface area contributed by atoms with E-state index in [0.717, 1.165) is 27.8 Å². The Hall–Kier alpha value is -2.60. The number of nitrogens with zero attached hydrogens (tertiary/aromatic N) is 3. The van der Waals surface area contributed by atoms with Gasteiger partial charge in [-0.05, 0) is 43.5 Å². The number of hydrogen-bond acceptors (Lipinski definition) is 4. The van der Waals surface area contributed by atoms with Crippen LogP contribution in [-0.2, 0) is 11.3 Å². The van der Waals surface area contributed by atoms with Crippen molar-refractivity contribution in [3.63, 3.8) is 0 Å². The summed E-state index contributed by atoms with van der Waals surface area (Å²) in [4.78, 5) is 12.2. The van der Waals surface area contributed by atoms with Crippen LogP contribution >= 0.6 is 11.8 Å². The minimum Gasteiger partial charge on any atom is -0.351 e. The van der Waals surface area contributed by atoms with Crippen LogP contribution in [0.4, 0.5) is 0 Å². The molecule has 0 saturated carbocycles. The maximum absolute atomic E-state index is 12.2. The van der Waals surface area contributed by atoms with Crippen molar-refractivity contribution in [3.05, 3.63) is 71.0 Å². The normalized spacial score (nSPS) is 10.7. The molecule has 0 radical (unpaired) electrons. The number of benzene rings is 2. The quantitative estimate of drug-likeness (QED) is 0.677. The van der Waals surface area contributed by atoms with Crippen molar-refractivity contribution >= 4 is 17.7 Å². The van der Waals surface area contributed by atoms with Crippen LogP contribution < -0.4 is 5.32 Å². The molecule has 6 heteroatoms. The highest BCUT2D eigenvalue weighted by Gasteiger charge is 2.15. The Morgan fingerprint density at radius 3 is 2.62 bits per heavy atom. The number of amides is 1. The Morgan fingerprint density at radius 2 is 1.85 bits per heavy atom. The number of aromatic nitrogens is 3. The maximum atomic E-state index is 12.2. The molecular weight excluding hydrogens is 344 g/mol. The first-order valence-corrected chi connectivity index (χ1v) is 9.46. The molecular formula is C20H22N4OS. The van der Waals surface area contributed by atoms with Gasteiger partial charge in [0.1, 0.15) is 5.82 Å². The number of aryl methyl sites for hydroxylation is 3. The van der Waals surface area contributed by atoms with E-state index >= 15 is 0 Å². The Labute approximate surface area is 157 Å². The van der Waals surface area contributed by atoms with Gasteiger partial charge in [0.2, 0.25) is 5.91 Å². The van der Waals surface area contributed by atoms with Crippen LogP contribution in [0, 0.1) is 20.8 Å². The lowest BCUT2D eigenvalue weighted by Gasteiger charge is -2.12. The van der Waals surface area contributed by atoms with Gasteiger partial charge in [0.25, 0.3) is 0 Å². The predicted molar refractivity (Wildman–Crippen MR) is 105 cm³/mol. The molecule has 1 heterocycles. The summed E-state index contributed by atoms with van der Waals surface area (Å²) in [5.41, 5.74) is 4.46. The van der Waals surface area contributed by atoms with Gasteiger partial charge >= 0.3 is 0 Å². The van der Waals surface area contributed by atoms with E-state index in [1.165, 1.54) is 17.3 Å². The fourth-order valence-corrected chi connectivity index (χ4v) is 3.47. The highest BCUT2D eigenvalue weighted by molar-refractivity contribution is 7.99. The number of hydrogen-bond donors (Lipinski definition) is 1. The van der Waals surface area contributed by atoms with E-state index in [9.17, 15) is 4.79 Å². The number of carbonyl (C=O) groups excluding carboxylic acids is 1. The SMILES string of the molecule is Cc1ccc(C)c(-n2c(C)nnc2SCC(=O)NCc2ccccc2)c1. The molecule has 134 valence electrons. The van der Waals surface area contributed by atoms with Crippen molar-refractivity contribution in [3.8, 4) is 5.69 Å². The van der Waals surface area contributed by atoms with Gasteiger partial charge in [0, 0.05) is 6.54 Å². The van der Waals surface area contributed by atoms with Crippen LogP contribution in [0.2, 0.25) is 0 Å². The maximum Gasteiger partial charge on any atom is 0.230 e. The van der Waals surface area contributed by atoms with E-state index in [1.54, 1.807) is 0 Å². The smallest absolute Gasteiger partial charge is 0.230 e. The summed E-state index contributed by atoms with van der Waals surface area (Å²) in [6.45, 7) is 6.58. The number of nitrogens with one attached hydrogen (secondary N) is 1. The molecule has 26 heavy (non-hydrogen) atoms. The molecule has 0 bridgehead atoms. The molecule has 2 aromatic carbocycles. The molecule has 1 N–H and O–H groups in total. The first-order chi connectivity index (χ1) is 12.5. The van der Waals surface area contributed by atoms with Crippen LogP contribution in [0.5, 0.6) is 0 Å². The second-order valence-electron chi connectivity index (χ2n) is 6.21. The van der Waals surface area contributed by atoms with E-state index in [2.05, 4.69) is 47.6 Å². The first-order valence-electron chi connectivity index (χ1n) is 8.47. The Bertz CT molecular complexity index is 905. The lowest BCUT2D eigenvalue weighted by Crippen LogP contribution is -2.24. The Balaban J connectivity index is 1.67. The largest absolute Gasteiger partial charge is 0.351 e. The van der Waals surface area contributed by atoms with E-state index < -0.39 is 0 Å². The van der Waals surface area contributed by atoms with Crippen LogP contribution in [0.1, 0.15) is 22.5 Å². The molecule has 3 aromatic rings. The topological polar surface area (TPSA) is 59.8 Å². The third-order valence-corrected chi connectivity index (χ3v) is 4.99. The fraction of sp³-hybridized carbons (Fsp3) is 0.250. The van der Waals surface area contributed by atoms with Crippen molar-refractivity contribution < 1.29 is 4.79 Å². The molecule has 0 aliphatic rings. The first kappa shape index (κ1) is 18.2. The number of rotatable bonds is 6. The molecule has 0 aliphatic heterocycles. The zero-order valence-corrected chi connectivity index (χ0v) is 16.0. The summed E-state index contributed by atoms with van der Waals surface area (Å²) < 4.78 is 2.01. The summed E-state index contributed by atoms with van der Waals surface area (Å²) in [5, 5.41) is 12.1. The monoisotopic (exact) mass is 366 g/mol. The van der Waals surface area contributed by atoms with E-state index in [0.29, 0.717) is 12.3 Å². The third kappa shape index (κ3) is 4.32. The van der Waals surface area contributed by atoms with Gasteiger partial charge in [-0.2, -0.15) is 0 Å². The van der Waals surface area contributed by atoms with Crippen LogP contribution in [0.15, 0.2) is 53.7 Å². The molecule has 0 atom stereocenters. The highest BCUT2D eigenvalue weighted by atomic mass is 32.2. The van der Waals surface area contributed by atoms with Crippen molar-refractivity contribution in [2.24, 2.45) is 0 Å². The minimum atomic E-state index is -0.0213. The van der Waals surface area contributed by atoms with Crippen molar-refractivity contribution in [2.45, 2.75) is 32.5 Å². The predicted octanol–water partition coefficient (Wildman–Crippen LogP) is 3.60. The summed E-state index contributed by atoms with van der Waals surface area (Å²) in [6, 6.07) is 16.2. The van der Waals surface area contributed by atoms with Gasteiger partial charge in [0.05, 0.1) is 11.4 Å². The molecule has 0 unspecified atom stereocenters. The molecule has 0 saturated heterocycles. The Morgan fingerprint density at radius 1 is 1.08 bits per heavy atom. The standard InChI is InChI=1S/C20H22N4OS/c1-14-9-10-15(2)18(11-14)24-16(3)22-23-20(24)26-13-19(25)21-12-17-7-5-4-6-8-17/h4-11H,12-13H2,1-3H3,(H,21,25). The van der Waals surface area contributed by atoms with Gasteiger partial charge in [-0.15, -0.1) is 10.2 Å². The molecule has 0 fully saturated rings. The Kier molecular flexibility index (Phi) is 5.73. The van der Waals surface area contributed by atoms with E-state index in [4.69, 9.17) is 0 Å². The summed E-state index contributed by atoms with van der Waals surface area (Å²) in [7, 11) is 0. The average Bonchev–Trinajstić information content (AvgIpc) is 3.01. The zero-order chi connectivity index (χ0) is 18.5. The molecule has 0 spiro atoms. The summed E-state index contributed by atoms with van der Waals surface area (Å²) >= 11 is 1.40. The van der Waals surface area contributed by atoms with Crippen molar-refractivity contribution in [1.82, 2.24) is 20.1 Å². The van der Waals surface area contributed by atoms with Crippen LogP contribution in [0.3, 0.4) is 0 Å². The second kappa shape index (κ2) is 8.19. The summed E-state index contributed by atoms with van der Waals surface area (Å²) in [5.74, 6) is 1.09. The second-order valence-corrected chi connectivity index (χ2v) is 7.15. The molecule has 3 rings (SSSR count). The van der Waals surface area contributed by atoms with E-state index in [1.807, 2.05) is 41.8 Å². The highest BCUT2D eigenvalue weighted by Crippen LogP contribution is 2.24. The van der Waals surface area contributed by atoms with Crippen molar-refractivity contribution in [1.29, 1.82) is 0 Å². The van der Waals surface area contributed by atoms with Gasteiger partial charge in [-0.25, -0.2) is 0 Å². The lowest BCUT2D eigenvalue weighted by atomic mass is 10.1. The van der Waals surface area contributed by atoms with Crippen LogP contribution in [0.25, 0.3) is 5.69 Å². The molecule has 0 aliphatic carbocycles. The zero-order valence-electron chi connectivity index (χ0n) is 15.2. The summed E-state index contributed by atoms with van der Waals surface area (Å²) in [6.07, 6.45) is 0. The number of carbonyl (C=O) groups is 1. The third-order valence-electron chi connectivity index (χ3n) is 4.07. The molecule has 1 aromatic heterocycles. The van der Waals surface area contributed by atoms with Crippen molar-refractivity contribution in [2.75, 3.05) is 5.75 Å². The van der Waals surface area contributed by atoms with Gasteiger partial charge in [-0.1, -0.05) is 54.2 Å². The van der Waals surface area contributed by atoms with Crippen LogP contribution in [-0.4, -0.2) is 26.4 Å². The van der Waals surface area contributed by atoms with Gasteiger partial charge in [0.15, 0.2) is 5.16 Å². The van der Waals surface area contributed by atoms with Gasteiger partial charge in [-0.3, -0.25) is 9.36 Å². The minimum absolute atomic E-state index is 0.0213. The average molecular weight is 366 g/mol. The molecule has 5 nitrogen and oxygen atoms in total. The molecule has 1 amide bonds. The fourth-order valence-electron chi connectivity index (χ4n) is 2.65. The number of thioether (sulfide) groups is 1.